The molecule has 4 aromatic rings. The molecule has 7 nitrogen and oxygen atoms in total. The van der Waals surface area contributed by atoms with Crippen molar-refractivity contribution < 1.29 is 14.3 Å². The van der Waals surface area contributed by atoms with Gasteiger partial charge in [0.2, 0.25) is 0 Å². The molecule has 2 aliphatic rings. The molecular formula is C32H32N4O3. The molecule has 2 amide bonds. The van der Waals surface area contributed by atoms with Gasteiger partial charge >= 0.3 is 0 Å². The summed E-state index contributed by atoms with van der Waals surface area (Å²) in [5.74, 6) is 2.26. The number of nitrogens with zero attached hydrogens (tertiary/aromatic N) is 3. The molecule has 2 heterocycles. The molecule has 6 rings (SSSR count). The van der Waals surface area contributed by atoms with Crippen LogP contribution in [0.5, 0.6) is 5.75 Å². The first-order valence-corrected chi connectivity index (χ1v) is 13.7. The topological polar surface area (TPSA) is 84.4 Å². The molecule has 1 saturated carbocycles. The Morgan fingerprint density at radius 1 is 0.949 bits per heavy atom. The van der Waals surface area contributed by atoms with Gasteiger partial charge in [0.1, 0.15) is 17.9 Å². The van der Waals surface area contributed by atoms with E-state index in [-0.39, 0.29) is 11.8 Å². The van der Waals surface area contributed by atoms with Crippen LogP contribution in [0, 0.1) is 5.92 Å². The van der Waals surface area contributed by atoms with Crippen molar-refractivity contribution in [3.05, 3.63) is 95.3 Å². The molecule has 1 aliphatic heterocycles. The molecule has 1 N–H and O–H groups in total. The summed E-state index contributed by atoms with van der Waals surface area (Å²) in [7, 11) is 0. The van der Waals surface area contributed by atoms with Crippen molar-refractivity contribution in [2.45, 2.75) is 38.5 Å². The normalized spacial score (nSPS) is 17.9. The van der Waals surface area contributed by atoms with E-state index in [0.717, 1.165) is 42.5 Å². The molecule has 0 saturated heterocycles. The molecule has 1 aliphatic carbocycles. The molecule has 3 aromatic carbocycles. The number of nitrogens with one attached hydrogen (secondary N) is 1. The quantitative estimate of drug-likeness (QED) is 0.197. The van der Waals surface area contributed by atoms with Gasteiger partial charge in [-0.1, -0.05) is 43.3 Å². The average Bonchev–Trinajstić information content (AvgIpc) is 3.65. The highest BCUT2D eigenvalue weighted by Crippen LogP contribution is 2.47. The van der Waals surface area contributed by atoms with E-state index in [1.807, 2.05) is 42.5 Å². The van der Waals surface area contributed by atoms with Crippen molar-refractivity contribution in [1.29, 1.82) is 0 Å². The zero-order valence-corrected chi connectivity index (χ0v) is 22.1. The minimum atomic E-state index is -0.211. The van der Waals surface area contributed by atoms with Gasteiger partial charge in [-0.3, -0.25) is 14.5 Å². The average molecular weight is 521 g/mol. The van der Waals surface area contributed by atoms with Crippen LogP contribution in [0.15, 0.2) is 73.1 Å². The Hall–Kier alpha value is -4.26. The Labute approximate surface area is 228 Å². The van der Waals surface area contributed by atoms with Crippen molar-refractivity contribution >= 4 is 28.5 Å². The molecule has 1 unspecified atom stereocenters. The van der Waals surface area contributed by atoms with Crippen LogP contribution in [0.25, 0.3) is 10.9 Å². The number of anilines is 1. The Morgan fingerprint density at radius 3 is 2.59 bits per heavy atom. The fourth-order valence-electron chi connectivity index (χ4n) is 5.35. The summed E-state index contributed by atoms with van der Waals surface area (Å²) in [6.45, 7) is 3.75. The summed E-state index contributed by atoms with van der Waals surface area (Å²) in [5.41, 5.74) is 4.34. The lowest BCUT2D eigenvalue weighted by Crippen LogP contribution is -2.31. The predicted octanol–water partition coefficient (Wildman–Crippen LogP) is 5.86. The number of aromatic nitrogens is 2. The van der Waals surface area contributed by atoms with Crippen LogP contribution in [0.4, 0.5) is 5.82 Å². The molecule has 0 bridgehead atoms. The summed E-state index contributed by atoms with van der Waals surface area (Å²) in [4.78, 5) is 35.9. The van der Waals surface area contributed by atoms with Gasteiger partial charge in [-0.05, 0) is 72.9 Å². The van der Waals surface area contributed by atoms with Crippen LogP contribution in [-0.2, 0) is 6.42 Å². The van der Waals surface area contributed by atoms with Crippen molar-refractivity contribution in [3.63, 3.8) is 0 Å². The van der Waals surface area contributed by atoms with E-state index in [1.54, 1.807) is 6.33 Å². The zero-order valence-electron chi connectivity index (χ0n) is 22.1. The van der Waals surface area contributed by atoms with Crippen LogP contribution in [0.3, 0.4) is 0 Å². The first-order valence-electron chi connectivity index (χ1n) is 13.7. The lowest BCUT2D eigenvalue weighted by atomic mass is 10.0. The molecule has 1 fully saturated rings. The third kappa shape index (κ3) is 5.35. The second-order valence-electron chi connectivity index (χ2n) is 10.5. The van der Waals surface area contributed by atoms with Crippen LogP contribution < -0.4 is 10.1 Å². The minimum Gasteiger partial charge on any atom is -0.493 e. The summed E-state index contributed by atoms with van der Waals surface area (Å²) < 4.78 is 5.95. The van der Waals surface area contributed by atoms with E-state index in [2.05, 4.69) is 46.5 Å². The number of ether oxygens (including phenoxy) is 1. The van der Waals surface area contributed by atoms with Gasteiger partial charge in [0.15, 0.2) is 0 Å². The van der Waals surface area contributed by atoms with E-state index >= 15 is 0 Å². The van der Waals surface area contributed by atoms with Gasteiger partial charge in [-0.15, -0.1) is 0 Å². The second-order valence-corrected chi connectivity index (χ2v) is 10.5. The van der Waals surface area contributed by atoms with Gasteiger partial charge < -0.3 is 10.1 Å². The van der Waals surface area contributed by atoms with E-state index < -0.39 is 0 Å². The summed E-state index contributed by atoms with van der Waals surface area (Å²) >= 11 is 0. The largest absolute Gasteiger partial charge is 0.493 e. The SMILES string of the molecule is CC1C[C@@H]1c1ccc2c(c1)C(=O)N(CCCOc1ccc3c(NCCCc4ccccc4)ncnc3c1)C2=O. The fourth-order valence-corrected chi connectivity index (χ4v) is 5.35. The van der Waals surface area contributed by atoms with Crippen molar-refractivity contribution in [2.75, 3.05) is 25.0 Å². The Morgan fingerprint density at radius 2 is 1.77 bits per heavy atom. The monoisotopic (exact) mass is 520 g/mol. The van der Waals surface area contributed by atoms with E-state index in [0.29, 0.717) is 48.3 Å². The van der Waals surface area contributed by atoms with Gasteiger partial charge in [0, 0.05) is 24.5 Å². The number of rotatable bonds is 11. The highest BCUT2D eigenvalue weighted by molar-refractivity contribution is 6.21. The minimum absolute atomic E-state index is 0.198. The molecule has 39 heavy (non-hydrogen) atoms. The van der Waals surface area contributed by atoms with Crippen LogP contribution in [-0.4, -0.2) is 46.4 Å². The summed E-state index contributed by atoms with van der Waals surface area (Å²) in [6.07, 6.45) is 5.27. The number of carbonyl (C=O) groups excluding carboxylic acids is 2. The fraction of sp³-hybridized carbons (Fsp3) is 0.312. The van der Waals surface area contributed by atoms with Crippen molar-refractivity contribution in [3.8, 4) is 5.75 Å². The summed E-state index contributed by atoms with van der Waals surface area (Å²) in [5, 5.41) is 4.37. The number of carbonyl (C=O) groups is 2. The second kappa shape index (κ2) is 10.8. The van der Waals surface area contributed by atoms with Crippen LogP contribution in [0.2, 0.25) is 0 Å². The molecule has 1 aromatic heterocycles. The molecular weight excluding hydrogens is 488 g/mol. The first kappa shape index (κ1) is 25.0. The van der Waals surface area contributed by atoms with Crippen molar-refractivity contribution in [2.24, 2.45) is 5.92 Å². The molecule has 7 heteroatoms. The number of fused-ring (bicyclic) bond motifs is 2. The van der Waals surface area contributed by atoms with E-state index in [4.69, 9.17) is 4.74 Å². The molecule has 198 valence electrons. The maximum absolute atomic E-state index is 12.9. The number of aryl methyl sites for hydroxylation is 1. The van der Waals surface area contributed by atoms with Gasteiger partial charge in [-0.25, -0.2) is 9.97 Å². The van der Waals surface area contributed by atoms with Crippen LogP contribution >= 0.6 is 0 Å². The van der Waals surface area contributed by atoms with Gasteiger partial charge in [-0.2, -0.15) is 0 Å². The number of hydrogen-bond donors (Lipinski definition) is 1. The maximum Gasteiger partial charge on any atom is 0.261 e. The summed E-state index contributed by atoms with van der Waals surface area (Å²) in [6, 6.07) is 22.0. The Balaban J connectivity index is 1.01. The van der Waals surface area contributed by atoms with Gasteiger partial charge in [0.25, 0.3) is 11.8 Å². The molecule has 0 spiro atoms. The molecule has 0 radical (unpaired) electrons. The van der Waals surface area contributed by atoms with Crippen LogP contribution in [0.1, 0.15) is 63.9 Å². The van der Waals surface area contributed by atoms with Crippen molar-refractivity contribution in [1.82, 2.24) is 14.9 Å². The number of benzene rings is 3. The van der Waals surface area contributed by atoms with E-state index in [1.165, 1.54) is 16.0 Å². The van der Waals surface area contributed by atoms with E-state index in [9.17, 15) is 9.59 Å². The third-order valence-corrected chi connectivity index (χ3v) is 7.71. The first-order chi connectivity index (χ1) is 19.1. The third-order valence-electron chi connectivity index (χ3n) is 7.71. The van der Waals surface area contributed by atoms with Gasteiger partial charge in [0.05, 0.1) is 23.3 Å². The maximum atomic E-state index is 12.9. The standard InChI is InChI=1S/C32H32N4O3/c1-21-17-27(21)23-10-12-25-28(18-23)32(38)36(31(25)37)15-6-16-39-24-11-13-26-29(19-24)34-20-35-30(26)33-14-5-9-22-7-3-2-4-8-22/h2-4,7-8,10-13,18-21,27H,5-6,9,14-17H2,1H3,(H,33,34,35)/t21?,27-/m0/s1. The Bertz CT molecular complexity index is 1520. The molecule has 2 atom stereocenters. The lowest BCUT2D eigenvalue weighted by molar-refractivity contribution is 0.0646. The Kier molecular flexibility index (Phi) is 6.97. The smallest absolute Gasteiger partial charge is 0.261 e. The number of hydrogen-bond acceptors (Lipinski definition) is 6. The highest BCUT2D eigenvalue weighted by Gasteiger charge is 2.38. The highest BCUT2D eigenvalue weighted by atomic mass is 16.5. The number of imide groups is 1. The zero-order chi connectivity index (χ0) is 26.8. The number of amides is 2. The lowest BCUT2D eigenvalue weighted by Gasteiger charge is -2.14. The predicted molar refractivity (Wildman–Crippen MR) is 151 cm³/mol.